The quantitative estimate of drug-likeness (QED) is 0.403. The minimum absolute atomic E-state index is 0.148. The van der Waals surface area contributed by atoms with Gasteiger partial charge in [0.2, 0.25) is 0 Å². The molecule has 1 aliphatic rings. The topological polar surface area (TPSA) is 97.3 Å². The molecule has 0 spiro atoms. The first-order valence-corrected chi connectivity index (χ1v) is 12.6. The molecule has 1 fully saturated rings. The van der Waals surface area contributed by atoms with Crippen LogP contribution in [0.4, 0.5) is 14.9 Å². The molecule has 4 aromatic heterocycles. The van der Waals surface area contributed by atoms with E-state index in [9.17, 15) is 14.0 Å². The van der Waals surface area contributed by atoms with Crippen LogP contribution >= 0.6 is 0 Å². The van der Waals surface area contributed by atoms with Crippen LogP contribution in [0, 0.1) is 24.6 Å². The highest BCUT2D eigenvalue weighted by Crippen LogP contribution is 2.29. The van der Waals surface area contributed by atoms with Crippen LogP contribution in [0.25, 0.3) is 22.7 Å². The molecule has 200 valence electrons. The van der Waals surface area contributed by atoms with Gasteiger partial charge >= 0.3 is 11.8 Å². The van der Waals surface area contributed by atoms with Gasteiger partial charge in [0.25, 0.3) is 0 Å². The summed E-state index contributed by atoms with van der Waals surface area (Å²) < 4.78 is 23.0. The molecular weight excluding hydrogens is 489 g/mol. The number of aromatic nitrogens is 5. The van der Waals surface area contributed by atoms with E-state index in [1.54, 1.807) is 47.9 Å². The van der Waals surface area contributed by atoms with Crippen molar-refractivity contribution in [1.82, 2.24) is 28.7 Å². The maximum absolute atomic E-state index is 14.6. The highest BCUT2D eigenvalue weighted by atomic mass is 19.1. The molecule has 1 amide bonds. The molecule has 0 bridgehead atoms. The van der Waals surface area contributed by atoms with Crippen LogP contribution in [0.5, 0.6) is 0 Å². The fourth-order valence-electron chi connectivity index (χ4n) is 4.87. The van der Waals surface area contributed by atoms with Crippen LogP contribution in [0.15, 0.2) is 41.6 Å². The molecule has 1 aliphatic heterocycles. The van der Waals surface area contributed by atoms with Gasteiger partial charge < -0.3 is 18.9 Å². The van der Waals surface area contributed by atoms with E-state index in [0.29, 0.717) is 29.4 Å². The maximum Gasteiger partial charge on any atom is 0.410 e. The van der Waals surface area contributed by atoms with Crippen molar-refractivity contribution in [2.45, 2.75) is 40.2 Å². The number of aryl methyl sites for hydroxylation is 1. The van der Waals surface area contributed by atoms with Crippen LogP contribution in [-0.4, -0.2) is 67.0 Å². The molecule has 5 heterocycles. The first kappa shape index (κ1) is 25.6. The van der Waals surface area contributed by atoms with E-state index in [4.69, 9.17) is 4.74 Å². The average molecular weight is 522 g/mol. The lowest BCUT2D eigenvalue weighted by atomic mass is 9.98. The summed E-state index contributed by atoms with van der Waals surface area (Å²) in [6.45, 7) is 11.6. The predicted octanol–water partition coefficient (Wildman–Crippen LogP) is 3.79. The summed E-state index contributed by atoms with van der Waals surface area (Å²) in [5, 5.41) is 0. The van der Waals surface area contributed by atoms with Crippen molar-refractivity contribution in [1.29, 1.82) is 0 Å². The minimum Gasteiger partial charge on any atom is -0.444 e. The lowest BCUT2D eigenvalue weighted by Gasteiger charge is -2.27. The number of hydrogen-bond donors (Lipinski definition) is 0. The van der Waals surface area contributed by atoms with Gasteiger partial charge in [-0.3, -0.25) is 0 Å². The molecule has 4 aromatic rings. The van der Waals surface area contributed by atoms with Crippen molar-refractivity contribution in [3.05, 3.63) is 58.8 Å². The molecule has 11 heteroatoms. The minimum atomic E-state index is -0.543. The number of pyridine rings is 2. The number of carbonyl (C=O) groups excluding carboxylic acids is 1. The molecule has 2 atom stereocenters. The number of ether oxygens (including phenoxy) is 1. The Bertz CT molecular complexity index is 1590. The van der Waals surface area contributed by atoms with E-state index in [2.05, 4.69) is 26.8 Å². The number of halogens is 1. The maximum atomic E-state index is 14.6. The van der Waals surface area contributed by atoms with E-state index in [-0.39, 0.29) is 23.5 Å². The summed E-state index contributed by atoms with van der Waals surface area (Å²) in [5.41, 5.74) is 1.53. The van der Waals surface area contributed by atoms with E-state index in [1.807, 2.05) is 26.8 Å². The Hall–Kier alpha value is -4.02. The van der Waals surface area contributed by atoms with Crippen molar-refractivity contribution in [2.75, 3.05) is 31.6 Å². The zero-order valence-corrected chi connectivity index (χ0v) is 22.5. The van der Waals surface area contributed by atoms with Gasteiger partial charge in [-0.2, -0.15) is 4.98 Å². The van der Waals surface area contributed by atoms with Crippen LogP contribution in [0.2, 0.25) is 0 Å². The molecule has 5 rings (SSSR count). The molecule has 0 N–H and O–H groups in total. The molecule has 0 aliphatic carbocycles. The summed E-state index contributed by atoms with van der Waals surface area (Å²) in [6, 6.07) is 4.98. The Labute approximate surface area is 219 Å². The highest BCUT2D eigenvalue weighted by Gasteiger charge is 2.32. The largest absolute Gasteiger partial charge is 0.444 e. The van der Waals surface area contributed by atoms with Gasteiger partial charge in [-0.15, -0.1) is 0 Å². The van der Waals surface area contributed by atoms with Crippen molar-refractivity contribution in [3.8, 4) is 11.4 Å². The second-order valence-electron chi connectivity index (χ2n) is 11.1. The molecule has 38 heavy (non-hydrogen) atoms. The van der Waals surface area contributed by atoms with Crippen LogP contribution in [0.1, 0.15) is 33.4 Å². The second-order valence-corrected chi connectivity index (χ2v) is 11.1. The summed E-state index contributed by atoms with van der Waals surface area (Å²) in [5.74, 6) is 0.220. The van der Waals surface area contributed by atoms with E-state index < -0.39 is 17.1 Å². The standard InChI is InChI=1S/C27H32FN7O3/c1-16-10-33(14-19(16)12-32(6)26(37)38-27(3,4)5)20-7-8-22-30-23(31-25(36)35(22)15-20)18-9-21(28)24-29-17(2)11-34(24)13-18/h7-9,11,13,15-16,19H,10,12,14H2,1-6H3. The monoisotopic (exact) mass is 521 g/mol. The first-order chi connectivity index (χ1) is 17.9. The van der Waals surface area contributed by atoms with Crippen LogP contribution in [0.3, 0.4) is 0 Å². The summed E-state index contributed by atoms with van der Waals surface area (Å²) in [7, 11) is 1.76. The third kappa shape index (κ3) is 5.05. The SMILES string of the molecule is Cc1cn2cc(-c3nc(=O)n4cc(N5CC(C)C(CN(C)C(=O)OC(C)(C)C)C5)ccc4n3)cc(F)c2n1. The van der Waals surface area contributed by atoms with Gasteiger partial charge in [0, 0.05) is 50.8 Å². The van der Waals surface area contributed by atoms with Gasteiger partial charge in [0.05, 0.1) is 11.4 Å². The number of fused-ring (bicyclic) bond motifs is 2. The number of hydrogen-bond acceptors (Lipinski definition) is 7. The van der Waals surface area contributed by atoms with Crippen molar-refractivity contribution >= 4 is 23.1 Å². The van der Waals surface area contributed by atoms with Crippen LogP contribution < -0.4 is 10.6 Å². The van der Waals surface area contributed by atoms with Gasteiger partial charge in [-0.1, -0.05) is 6.92 Å². The van der Waals surface area contributed by atoms with Crippen LogP contribution in [-0.2, 0) is 4.74 Å². The lowest BCUT2D eigenvalue weighted by molar-refractivity contribution is 0.0269. The Morgan fingerprint density at radius 2 is 1.92 bits per heavy atom. The molecular formula is C27H32FN7O3. The smallest absolute Gasteiger partial charge is 0.410 e. The van der Waals surface area contributed by atoms with E-state index in [0.717, 1.165) is 18.8 Å². The van der Waals surface area contributed by atoms with E-state index in [1.165, 1.54) is 10.5 Å². The number of amides is 1. The summed E-state index contributed by atoms with van der Waals surface area (Å²) in [4.78, 5) is 42.0. The van der Waals surface area contributed by atoms with Gasteiger partial charge in [0.15, 0.2) is 17.3 Å². The molecule has 1 saturated heterocycles. The number of imidazole rings is 1. The normalized spacial score (nSPS) is 17.9. The van der Waals surface area contributed by atoms with E-state index >= 15 is 0 Å². The number of rotatable bonds is 4. The van der Waals surface area contributed by atoms with Gasteiger partial charge in [-0.05, 0) is 57.7 Å². The number of carbonyl (C=O) groups is 1. The number of anilines is 1. The lowest BCUT2D eigenvalue weighted by Crippen LogP contribution is -2.38. The Kier molecular flexibility index (Phi) is 6.32. The van der Waals surface area contributed by atoms with Gasteiger partial charge in [0.1, 0.15) is 11.2 Å². The molecule has 0 aromatic carbocycles. The summed E-state index contributed by atoms with van der Waals surface area (Å²) in [6.07, 6.45) is 4.77. The molecule has 0 saturated carbocycles. The zero-order valence-electron chi connectivity index (χ0n) is 22.5. The van der Waals surface area contributed by atoms with Crippen molar-refractivity contribution < 1.29 is 13.9 Å². The van der Waals surface area contributed by atoms with Crippen molar-refractivity contribution in [3.63, 3.8) is 0 Å². The Balaban J connectivity index is 1.37. The second kappa shape index (κ2) is 9.38. The van der Waals surface area contributed by atoms with Gasteiger partial charge in [-0.25, -0.2) is 28.3 Å². The fraction of sp³-hybridized carbons (Fsp3) is 0.444. The highest BCUT2D eigenvalue weighted by molar-refractivity contribution is 5.67. The fourth-order valence-corrected chi connectivity index (χ4v) is 4.87. The average Bonchev–Trinajstić information content (AvgIpc) is 3.39. The van der Waals surface area contributed by atoms with Crippen molar-refractivity contribution in [2.24, 2.45) is 11.8 Å². The first-order valence-electron chi connectivity index (χ1n) is 12.6. The third-order valence-electron chi connectivity index (χ3n) is 6.77. The predicted molar refractivity (Wildman–Crippen MR) is 142 cm³/mol. The third-order valence-corrected chi connectivity index (χ3v) is 6.77. The summed E-state index contributed by atoms with van der Waals surface area (Å²) >= 11 is 0. The molecule has 0 radical (unpaired) electrons. The molecule has 2 unspecified atom stereocenters. The number of nitrogens with zero attached hydrogens (tertiary/aromatic N) is 7. The molecule has 10 nitrogen and oxygen atoms in total. The zero-order chi connectivity index (χ0) is 27.4. The Morgan fingerprint density at radius 1 is 1.16 bits per heavy atom. The Morgan fingerprint density at radius 3 is 2.66 bits per heavy atom.